The van der Waals surface area contributed by atoms with Crippen LogP contribution in [0.15, 0.2) is 0 Å². The SMILES string of the molecule is Cc1nc2nc(Cl)nc(Cl)c2[nH]1. The van der Waals surface area contributed by atoms with Crippen LogP contribution in [0.25, 0.3) is 11.2 Å². The number of aromatic nitrogens is 4. The Hall–Kier alpha value is -0.870. The third kappa shape index (κ3) is 1.13. The molecule has 0 unspecified atom stereocenters. The molecule has 2 aromatic heterocycles. The predicted octanol–water partition coefficient (Wildman–Crippen LogP) is 1.97. The fraction of sp³-hybridized carbons (Fsp3) is 0.167. The molecule has 0 aliphatic rings. The van der Waals surface area contributed by atoms with E-state index in [2.05, 4.69) is 19.9 Å². The summed E-state index contributed by atoms with van der Waals surface area (Å²) in [5.41, 5.74) is 1.12. The van der Waals surface area contributed by atoms with Crippen molar-refractivity contribution in [3.8, 4) is 0 Å². The predicted molar refractivity (Wildman–Crippen MR) is 46.4 cm³/mol. The van der Waals surface area contributed by atoms with E-state index in [0.717, 1.165) is 5.82 Å². The molecule has 12 heavy (non-hydrogen) atoms. The van der Waals surface area contributed by atoms with Gasteiger partial charge in [0.25, 0.3) is 0 Å². The van der Waals surface area contributed by atoms with Crippen molar-refractivity contribution < 1.29 is 0 Å². The van der Waals surface area contributed by atoms with Crippen LogP contribution < -0.4 is 0 Å². The highest BCUT2D eigenvalue weighted by Gasteiger charge is 2.07. The van der Waals surface area contributed by atoms with Crippen LogP contribution in [0.5, 0.6) is 0 Å². The van der Waals surface area contributed by atoms with Gasteiger partial charge < -0.3 is 4.98 Å². The fourth-order valence-electron chi connectivity index (χ4n) is 0.954. The summed E-state index contributed by atoms with van der Waals surface area (Å²) in [5, 5.41) is 0.407. The van der Waals surface area contributed by atoms with Gasteiger partial charge >= 0.3 is 0 Å². The molecule has 0 fully saturated rings. The van der Waals surface area contributed by atoms with E-state index >= 15 is 0 Å². The highest BCUT2D eigenvalue weighted by atomic mass is 35.5. The first kappa shape index (κ1) is 7.76. The van der Waals surface area contributed by atoms with Crippen LogP contribution in [0, 0.1) is 6.92 Å². The molecule has 0 aliphatic carbocycles. The van der Waals surface area contributed by atoms with Crippen molar-refractivity contribution in [1.82, 2.24) is 19.9 Å². The monoisotopic (exact) mass is 202 g/mol. The maximum absolute atomic E-state index is 5.77. The summed E-state index contributed by atoms with van der Waals surface area (Å²) in [6, 6.07) is 0. The Morgan fingerprint density at radius 2 is 1.92 bits per heavy atom. The van der Waals surface area contributed by atoms with Crippen LogP contribution in [-0.2, 0) is 0 Å². The fourth-order valence-corrected chi connectivity index (χ4v) is 1.37. The zero-order chi connectivity index (χ0) is 8.72. The van der Waals surface area contributed by atoms with Gasteiger partial charge in [-0.15, -0.1) is 0 Å². The van der Waals surface area contributed by atoms with Crippen LogP contribution in [0.3, 0.4) is 0 Å². The van der Waals surface area contributed by atoms with E-state index in [1.54, 1.807) is 0 Å². The first-order chi connectivity index (χ1) is 5.66. The number of imidazole rings is 1. The molecule has 2 heterocycles. The standard InChI is InChI=1S/C6H4Cl2N4/c1-2-9-3-4(7)11-6(8)12-5(3)10-2/h1H3,(H,9,10,11,12). The molecule has 0 aromatic carbocycles. The Bertz CT molecular complexity index is 436. The number of aryl methyl sites for hydroxylation is 1. The smallest absolute Gasteiger partial charge is 0.225 e. The number of hydrogen-bond acceptors (Lipinski definition) is 3. The Morgan fingerprint density at radius 1 is 1.17 bits per heavy atom. The third-order valence-electron chi connectivity index (χ3n) is 1.40. The Morgan fingerprint density at radius 3 is 2.67 bits per heavy atom. The molecule has 2 aromatic rings. The molecule has 0 bridgehead atoms. The third-order valence-corrected chi connectivity index (χ3v) is 1.84. The van der Waals surface area contributed by atoms with Gasteiger partial charge in [-0.25, -0.2) is 9.97 Å². The number of H-pyrrole nitrogens is 1. The summed E-state index contributed by atoms with van der Waals surface area (Å²) in [5.74, 6) is 0.739. The molecule has 0 amide bonds. The molecule has 0 saturated carbocycles. The van der Waals surface area contributed by atoms with E-state index in [9.17, 15) is 0 Å². The minimum atomic E-state index is 0.110. The first-order valence-electron chi connectivity index (χ1n) is 3.22. The van der Waals surface area contributed by atoms with Gasteiger partial charge in [0.05, 0.1) is 0 Å². The minimum absolute atomic E-state index is 0.110. The molecule has 0 saturated heterocycles. The van der Waals surface area contributed by atoms with Gasteiger partial charge in [-0.2, -0.15) is 4.98 Å². The lowest BCUT2D eigenvalue weighted by Crippen LogP contribution is -1.84. The molecule has 2 rings (SSSR count). The largest absolute Gasteiger partial charge is 0.338 e. The molecular weight excluding hydrogens is 199 g/mol. The van der Waals surface area contributed by atoms with Gasteiger partial charge in [-0.05, 0) is 18.5 Å². The zero-order valence-electron chi connectivity index (χ0n) is 6.10. The van der Waals surface area contributed by atoms with Crippen molar-refractivity contribution in [3.63, 3.8) is 0 Å². The number of nitrogens with zero attached hydrogens (tertiary/aromatic N) is 3. The summed E-state index contributed by atoms with van der Waals surface area (Å²) >= 11 is 11.3. The average molecular weight is 203 g/mol. The van der Waals surface area contributed by atoms with Crippen molar-refractivity contribution in [3.05, 3.63) is 16.3 Å². The number of halogens is 2. The Kier molecular flexibility index (Phi) is 1.66. The quantitative estimate of drug-likeness (QED) is 0.525. The topological polar surface area (TPSA) is 54.5 Å². The molecule has 1 N–H and O–H groups in total. The van der Waals surface area contributed by atoms with E-state index in [-0.39, 0.29) is 5.28 Å². The summed E-state index contributed by atoms with van der Waals surface area (Å²) in [4.78, 5) is 14.6. The van der Waals surface area contributed by atoms with Gasteiger partial charge in [-0.1, -0.05) is 11.6 Å². The van der Waals surface area contributed by atoms with Crippen molar-refractivity contribution in [2.24, 2.45) is 0 Å². The first-order valence-corrected chi connectivity index (χ1v) is 3.98. The maximum atomic E-state index is 5.77. The van der Waals surface area contributed by atoms with Crippen molar-refractivity contribution in [1.29, 1.82) is 0 Å². The number of nitrogens with one attached hydrogen (secondary N) is 1. The second kappa shape index (κ2) is 2.57. The van der Waals surface area contributed by atoms with E-state index < -0.39 is 0 Å². The summed E-state index contributed by atoms with van der Waals surface area (Å²) in [6.07, 6.45) is 0. The number of fused-ring (bicyclic) bond motifs is 1. The van der Waals surface area contributed by atoms with Gasteiger partial charge in [0, 0.05) is 0 Å². The van der Waals surface area contributed by atoms with Crippen LogP contribution in [-0.4, -0.2) is 19.9 Å². The van der Waals surface area contributed by atoms with Crippen LogP contribution in [0.4, 0.5) is 0 Å². The van der Waals surface area contributed by atoms with Crippen LogP contribution in [0.2, 0.25) is 10.4 Å². The van der Waals surface area contributed by atoms with Crippen molar-refractivity contribution in [2.45, 2.75) is 6.92 Å². The molecular formula is C6H4Cl2N4. The molecule has 0 spiro atoms. The second-order valence-electron chi connectivity index (χ2n) is 2.30. The lowest BCUT2D eigenvalue weighted by molar-refractivity contribution is 1.16. The normalized spacial score (nSPS) is 10.9. The van der Waals surface area contributed by atoms with E-state index in [0.29, 0.717) is 16.3 Å². The number of aromatic amines is 1. The molecule has 6 heteroatoms. The number of hydrogen-bond donors (Lipinski definition) is 1. The lowest BCUT2D eigenvalue weighted by atomic mass is 10.6. The van der Waals surface area contributed by atoms with Crippen LogP contribution >= 0.6 is 23.2 Å². The Balaban J connectivity index is 2.88. The van der Waals surface area contributed by atoms with Gasteiger partial charge in [0.1, 0.15) is 11.3 Å². The second-order valence-corrected chi connectivity index (χ2v) is 3.00. The molecule has 0 aliphatic heterocycles. The lowest BCUT2D eigenvalue weighted by Gasteiger charge is -1.90. The van der Waals surface area contributed by atoms with Crippen molar-refractivity contribution in [2.75, 3.05) is 0 Å². The highest BCUT2D eigenvalue weighted by Crippen LogP contribution is 2.19. The summed E-state index contributed by atoms with van der Waals surface area (Å²) in [6.45, 7) is 1.81. The maximum Gasteiger partial charge on any atom is 0.225 e. The van der Waals surface area contributed by atoms with Gasteiger partial charge in [-0.3, -0.25) is 0 Å². The zero-order valence-corrected chi connectivity index (χ0v) is 7.61. The molecule has 0 atom stereocenters. The number of rotatable bonds is 0. The molecule has 0 radical (unpaired) electrons. The van der Waals surface area contributed by atoms with Crippen molar-refractivity contribution >= 4 is 34.4 Å². The average Bonchev–Trinajstić information content (AvgIpc) is 2.29. The van der Waals surface area contributed by atoms with E-state index in [4.69, 9.17) is 23.2 Å². The molecule has 4 nitrogen and oxygen atoms in total. The van der Waals surface area contributed by atoms with Crippen LogP contribution in [0.1, 0.15) is 5.82 Å². The van der Waals surface area contributed by atoms with E-state index in [1.807, 2.05) is 6.92 Å². The van der Waals surface area contributed by atoms with Gasteiger partial charge in [0.2, 0.25) is 5.28 Å². The van der Waals surface area contributed by atoms with Gasteiger partial charge in [0.15, 0.2) is 10.8 Å². The summed E-state index contributed by atoms with van der Waals surface area (Å²) < 4.78 is 0. The summed E-state index contributed by atoms with van der Waals surface area (Å²) in [7, 11) is 0. The highest BCUT2D eigenvalue weighted by molar-refractivity contribution is 6.35. The molecule has 62 valence electrons. The Labute approximate surface area is 78.0 Å². The minimum Gasteiger partial charge on any atom is -0.338 e. The van der Waals surface area contributed by atoms with E-state index in [1.165, 1.54) is 0 Å².